The van der Waals surface area contributed by atoms with Crippen LogP contribution >= 0.6 is 11.6 Å². The fourth-order valence-electron chi connectivity index (χ4n) is 4.26. The standard InChI is InChI=1S/C22H20ClN3O3/c1-2-11-24-22(27)17-8-4-7-15-14-5-3-6-16(14)21(25-20(15)17)18-12-13(26(28)29)9-10-19(18)23/h2-5,7-10,12,14,16,21,25H,1,6,11H2,(H,24,27). The number of nitro benzene ring substituents is 1. The van der Waals surface area contributed by atoms with Crippen LogP contribution < -0.4 is 10.6 Å². The molecule has 2 N–H and O–H groups in total. The van der Waals surface area contributed by atoms with Crippen LogP contribution in [0.5, 0.6) is 0 Å². The number of carbonyl (C=O) groups is 1. The molecule has 4 rings (SSSR count). The number of nitrogens with one attached hydrogen (secondary N) is 2. The second-order valence-electron chi connectivity index (χ2n) is 7.21. The van der Waals surface area contributed by atoms with Crippen LogP contribution in [0.4, 0.5) is 11.4 Å². The van der Waals surface area contributed by atoms with Crippen molar-refractivity contribution < 1.29 is 9.72 Å². The van der Waals surface area contributed by atoms with Crippen molar-refractivity contribution in [3.63, 3.8) is 0 Å². The maximum atomic E-state index is 12.7. The number of hydrogen-bond acceptors (Lipinski definition) is 4. The number of amides is 1. The Morgan fingerprint density at radius 2 is 2.17 bits per heavy atom. The summed E-state index contributed by atoms with van der Waals surface area (Å²) >= 11 is 6.45. The highest BCUT2D eigenvalue weighted by Gasteiger charge is 2.40. The summed E-state index contributed by atoms with van der Waals surface area (Å²) in [6.45, 7) is 4.00. The normalized spacial score (nSPS) is 21.6. The Balaban J connectivity index is 1.80. The molecule has 29 heavy (non-hydrogen) atoms. The van der Waals surface area contributed by atoms with E-state index in [-0.39, 0.29) is 29.5 Å². The van der Waals surface area contributed by atoms with Crippen LogP contribution in [0.2, 0.25) is 5.02 Å². The van der Waals surface area contributed by atoms with Gasteiger partial charge in [-0.2, -0.15) is 0 Å². The Bertz CT molecular complexity index is 1030. The van der Waals surface area contributed by atoms with Gasteiger partial charge in [0.25, 0.3) is 11.6 Å². The second kappa shape index (κ2) is 7.72. The van der Waals surface area contributed by atoms with Crippen LogP contribution in [-0.2, 0) is 0 Å². The Labute approximate surface area is 173 Å². The molecular formula is C22H20ClN3O3. The molecule has 7 heteroatoms. The fraction of sp³-hybridized carbons (Fsp3) is 0.227. The topological polar surface area (TPSA) is 84.3 Å². The largest absolute Gasteiger partial charge is 0.377 e. The molecule has 0 bridgehead atoms. The number of non-ortho nitro benzene ring substituents is 1. The van der Waals surface area contributed by atoms with Crippen LogP contribution in [0.1, 0.15) is 39.9 Å². The zero-order valence-corrected chi connectivity index (χ0v) is 16.4. The third-order valence-electron chi connectivity index (χ3n) is 5.57. The average Bonchev–Trinajstić information content (AvgIpc) is 3.21. The van der Waals surface area contributed by atoms with Gasteiger partial charge < -0.3 is 10.6 Å². The van der Waals surface area contributed by atoms with Gasteiger partial charge >= 0.3 is 0 Å². The van der Waals surface area contributed by atoms with E-state index in [4.69, 9.17) is 11.6 Å². The van der Waals surface area contributed by atoms with Gasteiger partial charge in [-0.3, -0.25) is 14.9 Å². The Morgan fingerprint density at radius 3 is 2.93 bits per heavy atom. The molecule has 1 amide bonds. The van der Waals surface area contributed by atoms with E-state index < -0.39 is 4.92 Å². The summed E-state index contributed by atoms with van der Waals surface area (Å²) in [6.07, 6.45) is 6.72. The van der Waals surface area contributed by atoms with Crippen molar-refractivity contribution in [3.05, 3.63) is 93.0 Å². The highest BCUT2D eigenvalue weighted by molar-refractivity contribution is 6.31. The van der Waals surface area contributed by atoms with Crippen molar-refractivity contribution in [3.8, 4) is 0 Å². The van der Waals surface area contributed by atoms with Crippen LogP contribution in [0.3, 0.4) is 0 Å². The van der Waals surface area contributed by atoms with E-state index in [1.54, 1.807) is 18.2 Å². The summed E-state index contributed by atoms with van der Waals surface area (Å²) in [4.78, 5) is 23.6. The van der Waals surface area contributed by atoms with E-state index >= 15 is 0 Å². The first-order valence-electron chi connectivity index (χ1n) is 9.40. The molecule has 148 valence electrons. The third kappa shape index (κ3) is 3.40. The number of halogens is 1. The van der Waals surface area contributed by atoms with Crippen molar-refractivity contribution in [2.45, 2.75) is 18.4 Å². The van der Waals surface area contributed by atoms with Gasteiger partial charge in [0.1, 0.15) is 0 Å². The minimum absolute atomic E-state index is 0.00323. The molecule has 0 fully saturated rings. The highest BCUT2D eigenvalue weighted by atomic mass is 35.5. The lowest BCUT2D eigenvalue weighted by atomic mass is 9.76. The maximum Gasteiger partial charge on any atom is 0.269 e. The SMILES string of the molecule is C=CCNC(=O)c1cccc2c1NC(c1cc([N+](=O)[O-])ccc1Cl)C1CC=CC21. The first-order valence-corrected chi connectivity index (χ1v) is 9.78. The predicted octanol–water partition coefficient (Wildman–Crippen LogP) is 4.99. The summed E-state index contributed by atoms with van der Waals surface area (Å²) in [6, 6.07) is 9.92. The van der Waals surface area contributed by atoms with Gasteiger partial charge in [0.2, 0.25) is 0 Å². The Kier molecular flexibility index (Phi) is 5.11. The number of allylic oxidation sites excluding steroid dienone is 2. The molecular weight excluding hydrogens is 390 g/mol. The van der Waals surface area contributed by atoms with Crippen molar-refractivity contribution in [1.82, 2.24) is 5.32 Å². The van der Waals surface area contributed by atoms with Crippen molar-refractivity contribution in [2.75, 3.05) is 11.9 Å². The number of hydrogen-bond donors (Lipinski definition) is 2. The van der Waals surface area contributed by atoms with Crippen molar-refractivity contribution in [2.24, 2.45) is 5.92 Å². The fourth-order valence-corrected chi connectivity index (χ4v) is 4.50. The second-order valence-corrected chi connectivity index (χ2v) is 7.61. The predicted molar refractivity (Wildman–Crippen MR) is 113 cm³/mol. The van der Waals surface area contributed by atoms with Crippen molar-refractivity contribution >= 4 is 28.9 Å². The molecule has 2 aliphatic rings. The van der Waals surface area contributed by atoms with Gasteiger partial charge in [-0.25, -0.2) is 0 Å². The third-order valence-corrected chi connectivity index (χ3v) is 5.92. The van der Waals surface area contributed by atoms with E-state index in [0.29, 0.717) is 22.7 Å². The molecule has 3 unspecified atom stereocenters. The molecule has 0 saturated heterocycles. The van der Waals surface area contributed by atoms with E-state index in [1.165, 1.54) is 12.1 Å². The molecule has 0 aromatic heterocycles. The number of rotatable bonds is 5. The van der Waals surface area contributed by atoms with Crippen molar-refractivity contribution in [1.29, 1.82) is 0 Å². The lowest BCUT2D eigenvalue weighted by Gasteiger charge is -2.38. The monoisotopic (exact) mass is 409 g/mol. The minimum Gasteiger partial charge on any atom is -0.377 e. The van der Waals surface area contributed by atoms with Gasteiger partial charge in [0.05, 0.1) is 22.2 Å². The van der Waals surface area contributed by atoms with Crippen LogP contribution in [0.25, 0.3) is 0 Å². The zero-order valence-electron chi connectivity index (χ0n) is 15.6. The van der Waals surface area contributed by atoms with Crippen LogP contribution in [-0.4, -0.2) is 17.4 Å². The lowest BCUT2D eigenvalue weighted by molar-refractivity contribution is -0.384. The molecule has 0 saturated carbocycles. The molecule has 6 nitrogen and oxygen atoms in total. The number of carbonyl (C=O) groups excluding carboxylic acids is 1. The summed E-state index contributed by atoms with van der Waals surface area (Å²) in [5, 5.41) is 18.1. The molecule has 1 heterocycles. The average molecular weight is 410 g/mol. The highest BCUT2D eigenvalue weighted by Crippen LogP contribution is 2.51. The minimum atomic E-state index is -0.421. The Morgan fingerprint density at radius 1 is 1.34 bits per heavy atom. The van der Waals surface area contributed by atoms with E-state index in [0.717, 1.165) is 17.7 Å². The molecule has 1 aliphatic carbocycles. The molecule has 3 atom stereocenters. The molecule has 1 aliphatic heterocycles. The van der Waals surface area contributed by atoms with E-state index in [9.17, 15) is 14.9 Å². The van der Waals surface area contributed by atoms with Crippen LogP contribution in [0, 0.1) is 16.0 Å². The molecule has 0 radical (unpaired) electrons. The smallest absolute Gasteiger partial charge is 0.269 e. The van der Waals surface area contributed by atoms with Crippen LogP contribution in [0.15, 0.2) is 61.2 Å². The summed E-state index contributed by atoms with van der Waals surface area (Å²) < 4.78 is 0. The number of para-hydroxylation sites is 1. The first-order chi connectivity index (χ1) is 14.0. The Hall–Kier alpha value is -3.12. The molecule has 2 aromatic carbocycles. The van der Waals surface area contributed by atoms with Gasteiger partial charge in [0, 0.05) is 35.2 Å². The van der Waals surface area contributed by atoms with E-state index in [2.05, 4.69) is 29.4 Å². The van der Waals surface area contributed by atoms with Gasteiger partial charge in [-0.15, -0.1) is 6.58 Å². The quantitative estimate of drug-likeness (QED) is 0.414. The summed E-state index contributed by atoms with van der Waals surface area (Å²) in [5.74, 6) is 0.0748. The number of nitro groups is 1. The van der Waals surface area contributed by atoms with Gasteiger partial charge in [-0.05, 0) is 30.0 Å². The zero-order chi connectivity index (χ0) is 20.5. The summed E-state index contributed by atoms with van der Waals surface area (Å²) in [7, 11) is 0. The van der Waals surface area contributed by atoms with E-state index in [1.807, 2.05) is 12.1 Å². The van der Waals surface area contributed by atoms with Gasteiger partial charge in [0.15, 0.2) is 0 Å². The maximum absolute atomic E-state index is 12.7. The number of benzene rings is 2. The molecule has 2 aromatic rings. The number of fused-ring (bicyclic) bond motifs is 3. The first kappa shape index (κ1) is 19.2. The lowest BCUT2D eigenvalue weighted by Crippen LogP contribution is -2.32. The summed E-state index contributed by atoms with van der Waals surface area (Å²) in [5.41, 5.74) is 3.00. The van der Waals surface area contributed by atoms with Gasteiger partial charge in [-0.1, -0.05) is 42.0 Å². The molecule has 0 spiro atoms. The number of anilines is 1. The number of nitrogens with zero attached hydrogens (tertiary/aromatic N) is 1.